The standard InChI is InChI=1S/C24H36O3/c1-6-7-8-9-12-24(4,5)17-13-21(26)23(22(27)14-17)20-15-18(25)10-11-19(20)16(2)3/h13-14,19-20,26-27H,2,6-12,15H2,1,3-5H3/t19-,20+/m1/s1. The molecule has 1 fully saturated rings. The van der Waals surface area contributed by atoms with E-state index in [0.29, 0.717) is 18.4 Å². The molecular weight excluding hydrogens is 336 g/mol. The van der Waals surface area contributed by atoms with Gasteiger partial charge in [0.05, 0.1) is 0 Å². The topological polar surface area (TPSA) is 57.5 Å². The van der Waals surface area contributed by atoms with Crippen molar-refractivity contribution in [3.63, 3.8) is 0 Å². The lowest BCUT2D eigenvalue weighted by Gasteiger charge is -2.33. The Morgan fingerprint density at radius 2 is 1.81 bits per heavy atom. The van der Waals surface area contributed by atoms with E-state index in [1.165, 1.54) is 19.3 Å². The van der Waals surface area contributed by atoms with Gasteiger partial charge in [-0.1, -0.05) is 58.6 Å². The number of rotatable bonds is 8. The molecule has 3 nitrogen and oxygen atoms in total. The molecule has 0 radical (unpaired) electrons. The van der Waals surface area contributed by atoms with Gasteiger partial charge in [0.1, 0.15) is 17.3 Å². The van der Waals surface area contributed by atoms with Crippen molar-refractivity contribution in [3.8, 4) is 11.5 Å². The Morgan fingerprint density at radius 3 is 2.37 bits per heavy atom. The van der Waals surface area contributed by atoms with Gasteiger partial charge in [0.25, 0.3) is 0 Å². The van der Waals surface area contributed by atoms with Crippen molar-refractivity contribution in [2.75, 3.05) is 0 Å². The summed E-state index contributed by atoms with van der Waals surface area (Å²) < 4.78 is 0. The minimum Gasteiger partial charge on any atom is -0.508 e. The van der Waals surface area contributed by atoms with Crippen molar-refractivity contribution in [3.05, 3.63) is 35.4 Å². The molecule has 1 saturated carbocycles. The molecule has 0 bridgehead atoms. The van der Waals surface area contributed by atoms with E-state index in [1.54, 1.807) is 12.1 Å². The van der Waals surface area contributed by atoms with Crippen LogP contribution in [0.1, 0.15) is 96.1 Å². The zero-order chi connectivity index (χ0) is 20.2. The van der Waals surface area contributed by atoms with Crippen molar-refractivity contribution < 1.29 is 15.0 Å². The van der Waals surface area contributed by atoms with Gasteiger partial charge in [-0.2, -0.15) is 0 Å². The van der Waals surface area contributed by atoms with Crippen LogP contribution in [0.25, 0.3) is 0 Å². The number of phenols is 2. The van der Waals surface area contributed by atoms with E-state index in [0.717, 1.165) is 30.4 Å². The molecular formula is C24H36O3. The zero-order valence-corrected chi connectivity index (χ0v) is 17.5. The number of unbranched alkanes of at least 4 members (excludes halogenated alkanes) is 3. The second kappa shape index (κ2) is 8.95. The minimum atomic E-state index is -0.189. The van der Waals surface area contributed by atoms with Crippen molar-refractivity contribution in [1.29, 1.82) is 0 Å². The highest BCUT2D eigenvalue weighted by Crippen LogP contribution is 2.48. The maximum Gasteiger partial charge on any atom is 0.133 e. The van der Waals surface area contributed by atoms with Gasteiger partial charge in [0.2, 0.25) is 0 Å². The molecule has 2 rings (SSSR count). The number of benzene rings is 1. The van der Waals surface area contributed by atoms with Gasteiger partial charge < -0.3 is 10.2 Å². The number of carbonyl (C=O) groups excluding carboxylic acids is 1. The number of Topliss-reactive ketones (excluding diaryl/α,β-unsaturated/α-hetero) is 1. The average molecular weight is 373 g/mol. The molecule has 1 aromatic rings. The van der Waals surface area contributed by atoms with E-state index >= 15 is 0 Å². The molecule has 0 aliphatic heterocycles. The van der Waals surface area contributed by atoms with Gasteiger partial charge in [0, 0.05) is 24.3 Å². The number of hydrogen-bond donors (Lipinski definition) is 2. The fourth-order valence-electron chi connectivity index (χ4n) is 4.43. The van der Waals surface area contributed by atoms with E-state index in [9.17, 15) is 15.0 Å². The maximum atomic E-state index is 12.0. The third-order valence-corrected chi connectivity index (χ3v) is 6.24. The predicted octanol–water partition coefficient (Wildman–Crippen LogP) is 6.37. The lowest BCUT2D eigenvalue weighted by atomic mass is 9.71. The quantitative estimate of drug-likeness (QED) is 0.411. The summed E-state index contributed by atoms with van der Waals surface area (Å²) in [6, 6.07) is 3.59. The monoisotopic (exact) mass is 372 g/mol. The molecule has 2 atom stereocenters. The molecule has 0 aromatic heterocycles. The highest BCUT2D eigenvalue weighted by molar-refractivity contribution is 5.81. The molecule has 27 heavy (non-hydrogen) atoms. The SMILES string of the molecule is C=C(C)[C@H]1CCC(=O)C[C@@H]1c1c(O)cc(C(C)(C)CCCCCC)cc1O. The molecule has 1 aliphatic carbocycles. The highest BCUT2D eigenvalue weighted by atomic mass is 16.3. The zero-order valence-electron chi connectivity index (χ0n) is 17.5. The van der Waals surface area contributed by atoms with Crippen LogP contribution >= 0.6 is 0 Å². The number of carbonyl (C=O) groups is 1. The summed E-state index contributed by atoms with van der Waals surface area (Å²) in [4.78, 5) is 12.0. The summed E-state index contributed by atoms with van der Waals surface area (Å²) in [5, 5.41) is 21.6. The molecule has 0 unspecified atom stereocenters. The smallest absolute Gasteiger partial charge is 0.133 e. The van der Waals surface area contributed by atoms with Crippen molar-refractivity contribution >= 4 is 5.78 Å². The Labute approximate surface area is 164 Å². The van der Waals surface area contributed by atoms with Crippen LogP contribution in [0.5, 0.6) is 11.5 Å². The molecule has 0 amide bonds. The number of hydrogen-bond acceptors (Lipinski definition) is 3. The Hall–Kier alpha value is -1.77. The third kappa shape index (κ3) is 5.15. The van der Waals surface area contributed by atoms with Crippen LogP contribution < -0.4 is 0 Å². The lowest BCUT2D eigenvalue weighted by Crippen LogP contribution is -2.24. The summed E-state index contributed by atoms with van der Waals surface area (Å²) in [5.74, 6) is 0.338. The van der Waals surface area contributed by atoms with Gasteiger partial charge in [-0.3, -0.25) is 4.79 Å². The first-order chi connectivity index (χ1) is 12.7. The molecule has 0 spiro atoms. The summed E-state index contributed by atoms with van der Waals surface area (Å²) >= 11 is 0. The highest BCUT2D eigenvalue weighted by Gasteiger charge is 2.35. The minimum absolute atomic E-state index is 0.109. The first-order valence-corrected chi connectivity index (χ1v) is 10.4. The van der Waals surface area contributed by atoms with E-state index in [1.807, 2.05) is 6.92 Å². The fourth-order valence-corrected chi connectivity index (χ4v) is 4.43. The van der Waals surface area contributed by atoms with Crippen LogP contribution in [0.3, 0.4) is 0 Å². The van der Waals surface area contributed by atoms with Crippen LogP contribution in [0.15, 0.2) is 24.3 Å². The Balaban J connectivity index is 2.30. The normalized spacial score (nSPS) is 20.7. The van der Waals surface area contributed by atoms with Crippen molar-refractivity contribution in [2.45, 2.75) is 90.4 Å². The van der Waals surface area contributed by atoms with Crippen molar-refractivity contribution in [2.24, 2.45) is 5.92 Å². The van der Waals surface area contributed by atoms with Gasteiger partial charge in [0.15, 0.2) is 0 Å². The van der Waals surface area contributed by atoms with E-state index < -0.39 is 0 Å². The average Bonchev–Trinajstić information content (AvgIpc) is 2.58. The molecule has 150 valence electrons. The van der Waals surface area contributed by atoms with Gasteiger partial charge in [-0.15, -0.1) is 0 Å². The van der Waals surface area contributed by atoms with E-state index in [2.05, 4.69) is 27.4 Å². The number of ketones is 1. The molecule has 0 heterocycles. The first kappa shape index (κ1) is 21.5. The Bertz CT molecular complexity index is 664. The van der Waals surface area contributed by atoms with Crippen molar-refractivity contribution in [1.82, 2.24) is 0 Å². The molecule has 2 N–H and O–H groups in total. The van der Waals surface area contributed by atoms with Crippen LogP contribution in [0.2, 0.25) is 0 Å². The lowest BCUT2D eigenvalue weighted by molar-refractivity contribution is -0.121. The molecule has 1 aromatic carbocycles. The Morgan fingerprint density at radius 1 is 1.19 bits per heavy atom. The third-order valence-electron chi connectivity index (χ3n) is 6.24. The maximum absolute atomic E-state index is 12.0. The number of allylic oxidation sites excluding steroid dienone is 1. The van der Waals surface area contributed by atoms with Gasteiger partial charge >= 0.3 is 0 Å². The predicted molar refractivity (Wildman–Crippen MR) is 111 cm³/mol. The fraction of sp³-hybridized carbons (Fsp3) is 0.625. The number of phenolic OH excluding ortho intramolecular Hbond substituents is 2. The summed E-state index contributed by atoms with van der Waals surface area (Å²) in [5.41, 5.74) is 2.36. The molecule has 1 aliphatic rings. The largest absolute Gasteiger partial charge is 0.508 e. The summed E-state index contributed by atoms with van der Waals surface area (Å²) in [6.07, 6.45) is 7.46. The number of aromatic hydroxyl groups is 2. The van der Waals surface area contributed by atoms with Gasteiger partial charge in [-0.25, -0.2) is 0 Å². The second-order valence-electron chi connectivity index (χ2n) is 8.96. The van der Waals surface area contributed by atoms with Crippen LogP contribution in [0, 0.1) is 5.92 Å². The van der Waals surface area contributed by atoms with Crippen LogP contribution in [-0.2, 0) is 10.2 Å². The summed E-state index contributed by atoms with van der Waals surface area (Å²) in [6.45, 7) is 12.6. The second-order valence-corrected chi connectivity index (χ2v) is 8.96. The summed E-state index contributed by atoms with van der Waals surface area (Å²) in [7, 11) is 0. The molecule has 3 heteroatoms. The van der Waals surface area contributed by atoms with E-state index in [-0.39, 0.29) is 34.5 Å². The van der Waals surface area contributed by atoms with Crippen LogP contribution in [-0.4, -0.2) is 16.0 Å². The first-order valence-electron chi connectivity index (χ1n) is 10.4. The Kier molecular flexibility index (Phi) is 7.13. The van der Waals surface area contributed by atoms with E-state index in [4.69, 9.17) is 0 Å². The van der Waals surface area contributed by atoms with Gasteiger partial charge in [-0.05, 0) is 48.8 Å². The van der Waals surface area contributed by atoms with Crippen LogP contribution in [0.4, 0.5) is 0 Å². The molecule has 0 saturated heterocycles.